The van der Waals surface area contributed by atoms with Gasteiger partial charge in [0.25, 0.3) is 5.91 Å². The first kappa shape index (κ1) is 18.5. The maximum Gasteiger partial charge on any atom is 0.409 e. The van der Waals surface area contributed by atoms with Gasteiger partial charge in [-0.15, -0.1) is 0 Å². The normalized spacial score (nSPS) is 12.3. The van der Waals surface area contributed by atoms with Gasteiger partial charge in [-0.3, -0.25) is 9.59 Å². The predicted molar refractivity (Wildman–Crippen MR) is 76.3 cm³/mol. The van der Waals surface area contributed by atoms with Crippen molar-refractivity contribution in [3.05, 3.63) is 42.0 Å². The van der Waals surface area contributed by atoms with Crippen LogP contribution in [0.5, 0.6) is 5.75 Å². The number of benzene rings is 1. The summed E-state index contributed by atoms with van der Waals surface area (Å²) >= 11 is 0. The van der Waals surface area contributed by atoms with Crippen molar-refractivity contribution in [1.29, 1.82) is 0 Å². The Morgan fingerprint density at radius 1 is 1.35 bits per heavy atom. The fourth-order valence-corrected chi connectivity index (χ4v) is 1.64. The Kier molecular flexibility index (Phi) is 6.18. The van der Waals surface area contributed by atoms with E-state index in [4.69, 9.17) is 9.84 Å². The molecule has 1 amide bonds. The van der Waals surface area contributed by atoms with Crippen LogP contribution in [0.3, 0.4) is 0 Å². The summed E-state index contributed by atoms with van der Waals surface area (Å²) in [7, 11) is 0. The van der Waals surface area contributed by atoms with Crippen molar-refractivity contribution in [1.82, 2.24) is 5.32 Å². The number of para-hydroxylation sites is 1. The van der Waals surface area contributed by atoms with Crippen molar-refractivity contribution in [2.45, 2.75) is 25.6 Å². The molecule has 1 atom stereocenters. The van der Waals surface area contributed by atoms with Gasteiger partial charge >= 0.3 is 12.1 Å². The highest BCUT2D eigenvalue weighted by molar-refractivity contribution is 5.97. The SMILES string of the molecule is C=C(C)COc1ccccc1C(=O)NC(CC(=O)O)C(F)(F)F. The van der Waals surface area contributed by atoms with Crippen LogP contribution >= 0.6 is 0 Å². The van der Waals surface area contributed by atoms with Crippen molar-refractivity contribution in [2.24, 2.45) is 0 Å². The lowest BCUT2D eigenvalue weighted by Gasteiger charge is -2.20. The first-order valence-electron chi connectivity index (χ1n) is 6.57. The van der Waals surface area contributed by atoms with Crippen molar-refractivity contribution < 1.29 is 32.6 Å². The van der Waals surface area contributed by atoms with E-state index in [-0.39, 0.29) is 17.9 Å². The van der Waals surface area contributed by atoms with Crippen LogP contribution in [0.1, 0.15) is 23.7 Å². The summed E-state index contributed by atoms with van der Waals surface area (Å²) in [6.45, 7) is 5.41. The first-order valence-corrected chi connectivity index (χ1v) is 6.57. The third kappa shape index (κ3) is 6.01. The van der Waals surface area contributed by atoms with Crippen molar-refractivity contribution in [3.63, 3.8) is 0 Å². The number of amides is 1. The van der Waals surface area contributed by atoms with E-state index in [1.54, 1.807) is 18.3 Å². The molecular weight excluding hydrogens is 315 g/mol. The molecule has 0 bridgehead atoms. The third-order valence-electron chi connectivity index (χ3n) is 2.68. The highest BCUT2D eigenvalue weighted by Crippen LogP contribution is 2.24. The highest BCUT2D eigenvalue weighted by Gasteiger charge is 2.42. The number of halogens is 3. The van der Waals surface area contributed by atoms with Crippen LogP contribution in [0.15, 0.2) is 36.4 Å². The number of aliphatic carboxylic acids is 1. The van der Waals surface area contributed by atoms with Crippen molar-refractivity contribution in [2.75, 3.05) is 6.61 Å². The van der Waals surface area contributed by atoms with Crippen LogP contribution < -0.4 is 10.1 Å². The van der Waals surface area contributed by atoms with Crippen molar-refractivity contribution in [3.8, 4) is 5.75 Å². The average molecular weight is 331 g/mol. The molecule has 2 N–H and O–H groups in total. The fourth-order valence-electron chi connectivity index (χ4n) is 1.64. The number of alkyl halides is 3. The Morgan fingerprint density at radius 2 is 1.96 bits per heavy atom. The molecular formula is C15H16F3NO4. The summed E-state index contributed by atoms with van der Waals surface area (Å²) < 4.78 is 43.7. The van der Waals surface area contributed by atoms with Gasteiger partial charge in [0.15, 0.2) is 0 Å². The molecule has 5 nitrogen and oxygen atoms in total. The van der Waals surface area contributed by atoms with E-state index in [1.165, 1.54) is 18.2 Å². The molecule has 0 radical (unpaired) electrons. The number of nitrogens with one attached hydrogen (secondary N) is 1. The van der Waals surface area contributed by atoms with Gasteiger partial charge in [-0.05, 0) is 24.6 Å². The van der Waals surface area contributed by atoms with Crippen LogP contribution in [0, 0.1) is 0 Å². The van der Waals surface area contributed by atoms with E-state index in [0.29, 0.717) is 5.57 Å². The molecule has 0 aliphatic carbocycles. The molecule has 0 fully saturated rings. The van der Waals surface area contributed by atoms with E-state index in [2.05, 4.69) is 6.58 Å². The monoisotopic (exact) mass is 331 g/mol. The van der Waals surface area contributed by atoms with Gasteiger partial charge in [0.1, 0.15) is 18.4 Å². The number of hydrogen-bond donors (Lipinski definition) is 2. The first-order chi connectivity index (χ1) is 10.6. The van der Waals surface area contributed by atoms with E-state index >= 15 is 0 Å². The number of carbonyl (C=O) groups is 2. The van der Waals surface area contributed by atoms with E-state index in [9.17, 15) is 22.8 Å². The third-order valence-corrected chi connectivity index (χ3v) is 2.68. The number of rotatable bonds is 7. The zero-order valence-corrected chi connectivity index (χ0v) is 12.3. The second kappa shape index (κ2) is 7.66. The summed E-state index contributed by atoms with van der Waals surface area (Å²) in [5, 5.41) is 10.2. The molecule has 0 aromatic heterocycles. The van der Waals surface area contributed by atoms with Crippen LogP contribution in [0.2, 0.25) is 0 Å². The van der Waals surface area contributed by atoms with Crippen molar-refractivity contribution >= 4 is 11.9 Å². The molecule has 23 heavy (non-hydrogen) atoms. The summed E-state index contributed by atoms with van der Waals surface area (Å²) in [6, 6.07) is 3.25. The van der Waals surface area contributed by atoms with Crippen LogP contribution in [-0.4, -0.2) is 35.8 Å². The molecule has 1 aromatic carbocycles. The molecule has 8 heteroatoms. The summed E-state index contributed by atoms with van der Waals surface area (Å²) in [4.78, 5) is 22.6. The van der Waals surface area contributed by atoms with E-state index < -0.39 is 30.5 Å². The molecule has 1 rings (SSSR count). The van der Waals surface area contributed by atoms with Crippen LogP contribution in [0.25, 0.3) is 0 Å². The molecule has 1 unspecified atom stereocenters. The molecule has 126 valence electrons. The van der Waals surface area contributed by atoms with Gasteiger partial charge < -0.3 is 15.2 Å². The molecule has 0 aliphatic heterocycles. The fraction of sp³-hybridized carbons (Fsp3) is 0.333. The Bertz CT molecular complexity index is 599. The van der Waals surface area contributed by atoms with E-state index in [0.717, 1.165) is 0 Å². The summed E-state index contributed by atoms with van der Waals surface area (Å²) in [6.07, 6.45) is -6.13. The maximum atomic E-state index is 12.8. The molecule has 0 saturated carbocycles. The minimum absolute atomic E-state index is 0.0873. The zero-order valence-electron chi connectivity index (χ0n) is 12.3. The lowest BCUT2D eigenvalue weighted by atomic mass is 10.1. The quantitative estimate of drug-likeness (QED) is 0.753. The Morgan fingerprint density at radius 3 is 2.48 bits per heavy atom. The maximum absolute atomic E-state index is 12.8. The smallest absolute Gasteiger partial charge is 0.409 e. The second-order valence-electron chi connectivity index (χ2n) is 4.91. The van der Waals surface area contributed by atoms with Gasteiger partial charge in [0, 0.05) is 0 Å². The molecule has 0 aliphatic rings. The van der Waals surface area contributed by atoms with E-state index in [1.807, 2.05) is 0 Å². The number of ether oxygens (including phenoxy) is 1. The second-order valence-corrected chi connectivity index (χ2v) is 4.91. The average Bonchev–Trinajstić information content (AvgIpc) is 2.43. The summed E-state index contributed by atoms with van der Waals surface area (Å²) in [5.74, 6) is -2.64. The lowest BCUT2D eigenvalue weighted by Crippen LogP contribution is -2.46. The predicted octanol–water partition coefficient (Wildman–Crippen LogP) is 2.78. The van der Waals surface area contributed by atoms with Gasteiger partial charge in [-0.2, -0.15) is 13.2 Å². The highest BCUT2D eigenvalue weighted by atomic mass is 19.4. The molecule has 0 heterocycles. The number of carbonyl (C=O) groups excluding carboxylic acids is 1. The summed E-state index contributed by atoms with van der Waals surface area (Å²) in [5.41, 5.74) is 0.549. The molecule has 0 saturated heterocycles. The minimum atomic E-state index is -4.87. The minimum Gasteiger partial charge on any atom is -0.488 e. The molecule has 0 spiro atoms. The van der Waals surface area contributed by atoms with Gasteiger partial charge in [0.2, 0.25) is 0 Å². The van der Waals surface area contributed by atoms with Crippen LogP contribution in [0.4, 0.5) is 13.2 Å². The Balaban J connectivity index is 2.95. The van der Waals surface area contributed by atoms with Crippen LogP contribution in [-0.2, 0) is 4.79 Å². The Hall–Kier alpha value is -2.51. The van der Waals surface area contributed by atoms with Gasteiger partial charge in [0.05, 0.1) is 12.0 Å². The molecule has 1 aromatic rings. The Labute approximate surface area is 130 Å². The number of carboxylic acid groups (broad SMARTS) is 1. The zero-order chi connectivity index (χ0) is 17.6. The van der Waals surface area contributed by atoms with Gasteiger partial charge in [-0.25, -0.2) is 0 Å². The topological polar surface area (TPSA) is 75.6 Å². The van der Waals surface area contributed by atoms with Gasteiger partial charge in [-0.1, -0.05) is 18.7 Å². The number of carboxylic acids is 1. The number of hydrogen-bond acceptors (Lipinski definition) is 3. The standard InChI is InChI=1S/C15H16F3NO4/c1-9(2)8-23-11-6-4-3-5-10(11)14(22)19-12(7-13(20)21)15(16,17)18/h3-6,12H,1,7-8H2,2H3,(H,19,22)(H,20,21). The lowest BCUT2D eigenvalue weighted by molar-refractivity contribution is -0.165. The largest absolute Gasteiger partial charge is 0.488 e.